The molecule has 0 aliphatic carbocycles. The van der Waals surface area contributed by atoms with E-state index in [0.29, 0.717) is 0 Å². The lowest BCUT2D eigenvalue weighted by molar-refractivity contribution is -0.134. The lowest BCUT2D eigenvalue weighted by Crippen LogP contribution is -1.93. The molecule has 3 nitrogen and oxygen atoms in total. The molecule has 3 heteroatoms. The van der Waals surface area contributed by atoms with Crippen LogP contribution in [0, 0.1) is 0 Å². The molecule has 22 heavy (non-hydrogen) atoms. The molecule has 2 aromatic carbocycles. The van der Waals surface area contributed by atoms with Gasteiger partial charge in [-0.3, -0.25) is 0 Å². The lowest BCUT2D eigenvalue weighted by Gasteiger charge is -2.08. The van der Waals surface area contributed by atoms with Crippen LogP contribution in [0.1, 0.15) is 11.1 Å². The zero-order valence-electron chi connectivity index (χ0n) is 12.7. The Kier molecular flexibility index (Phi) is 5.55. The van der Waals surface area contributed by atoms with Crippen molar-refractivity contribution >= 4 is 11.5 Å². The van der Waals surface area contributed by atoms with Crippen molar-refractivity contribution in [1.82, 2.24) is 0 Å². The monoisotopic (exact) mass is 294 g/mol. The van der Waals surface area contributed by atoms with Crippen molar-refractivity contribution in [3.05, 3.63) is 84.0 Å². The van der Waals surface area contributed by atoms with Crippen molar-refractivity contribution in [3.8, 4) is 5.75 Å². The second-order valence-corrected chi connectivity index (χ2v) is 4.56. The number of allylic oxidation sites excluding steroid dienone is 2. The number of hydrogen-bond acceptors (Lipinski definition) is 3. The van der Waals surface area contributed by atoms with Gasteiger partial charge >= 0.3 is 5.97 Å². The molecule has 0 atom stereocenters. The molecule has 0 fully saturated rings. The molecule has 0 saturated carbocycles. The maximum absolute atomic E-state index is 11.2. The highest BCUT2D eigenvalue weighted by Gasteiger charge is 2.04. The number of ether oxygens (including phenoxy) is 2. The molecule has 0 amide bonds. The highest BCUT2D eigenvalue weighted by atomic mass is 16.5. The Morgan fingerprint density at radius 3 is 2.14 bits per heavy atom. The summed E-state index contributed by atoms with van der Waals surface area (Å²) in [5.41, 5.74) is 3.13. The van der Waals surface area contributed by atoms with Crippen molar-refractivity contribution in [1.29, 1.82) is 0 Å². The quantitative estimate of drug-likeness (QED) is 0.477. The van der Waals surface area contributed by atoms with Crippen molar-refractivity contribution in [3.63, 3.8) is 0 Å². The third-order valence-corrected chi connectivity index (χ3v) is 3.18. The predicted octanol–water partition coefficient (Wildman–Crippen LogP) is 3.86. The average Bonchev–Trinajstić information content (AvgIpc) is 2.59. The summed E-state index contributed by atoms with van der Waals surface area (Å²) in [7, 11) is 3.00. The van der Waals surface area contributed by atoms with E-state index in [1.165, 1.54) is 13.2 Å². The molecule has 0 radical (unpaired) electrons. The van der Waals surface area contributed by atoms with Crippen LogP contribution in [0.5, 0.6) is 5.75 Å². The molecule has 0 spiro atoms. The van der Waals surface area contributed by atoms with Crippen LogP contribution < -0.4 is 4.74 Å². The minimum Gasteiger partial charge on any atom is -0.497 e. The van der Waals surface area contributed by atoms with E-state index in [4.69, 9.17) is 4.74 Å². The number of rotatable bonds is 5. The fourth-order valence-electron chi connectivity index (χ4n) is 2.04. The number of hydrogen-bond donors (Lipinski definition) is 0. The Labute approximate surface area is 130 Å². The molecule has 0 N–H and O–H groups in total. The van der Waals surface area contributed by atoms with Gasteiger partial charge in [-0.15, -0.1) is 0 Å². The van der Waals surface area contributed by atoms with Crippen molar-refractivity contribution < 1.29 is 14.3 Å². The molecule has 0 heterocycles. The lowest BCUT2D eigenvalue weighted by atomic mass is 9.97. The molecule has 0 aromatic heterocycles. The average molecular weight is 294 g/mol. The van der Waals surface area contributed by atoms with E-state index >= 15 is 0 Å². The summed E-state index contributed by atoms with van der Waals surface area (Å²) in [6, 6.07) is 17.8. The molecular weight excluding hydrogens is 276 g/mol. The summed E-state index contributed by atoms with van der Waals surface area (Å²) >= 11 is 0. The SMILES string of the molecule is COC(=O)/C=C/C=C(/c1ccccc1)c1ccc(OC)cc1. The summed E-state index contributed by atoms with van der Waals surface area (Å²) in [5.74, 6) is 0.430. The fourth-order valence-corrected chi connectivity index (χ4v) is 2.04. The van der Waals surface area contributed by atoms with Gasteiger partial charge < -0.3 is 9.47 Å². The summed E-state index contributed by atoms with van der Waals surface area (Å²) in [4.78, 5) is 11.2. The minimum absolute atomic E-state index is 0.376. The van der Waals surface area contributed by atoms with E-state index in [9.17, 15) is 4.79 Å². The normalized spacial score (nSPS) is 11.5. The molecule has 0 bridgehead atoms. The summed E-state index contributed by atoms with van der Waals surface area (Å²) in [6.45, 7) is 0. The summed E-state index contributed by atoms with van der Waals surface area (Å²) < 4.78 is 9.79. The number of carbonyl (C=O) groups is 1. The molecule has 0 saturated heterocycles. The van der Waals surface area contributed by atoms with Crippen LogP contribution in [0.4, 0.5) is 0 Å². The van der Waals surface area contributed by atoms with Crippen LogP contribution in [-0.4, -0.2) is 20.2 Å². The molecule has 2 rings (SSSR count). The minimum atomic E-state index is -0.376. The van der Waals surface area contributed by atoms with Crippen LogP contribution >= 0.6 is 0 Å². The second kappa shape index (κ2) is 7.84. The van der Waals surface area contributed by atoms with E-state index in [0.717, 1.165) is 22.4 Å². The zero-order chi connectivity index (χ0) is 15.8. The van der Waals surface area contributed by atoms with E-state index < -0.39 is 0 Å². The van der Waals surface area contributed by atoms with Crippen LogP contribution in [0.25, 0.3) is 5.57 Å². The van der Waals surface area contributed by atoms with Gasteiger partial charge in [0.15, 0.2) is 0 Å². The maximum atomic E-state index is 11.2. The van der Waals surface area contributed by atoms with Gasteiger partial charge in [-0.1, -0.05) is 54.6 Å². The molecule has 112 valence electrons. The highest BCUT2D eigenvalue weighted by Crippen LogP contribution is 2.25. The number of methoxy groups -OCH3 is 2. The molecule has 0 aliphatic rings. The number of carbonyl (C=O) groups excluding carboxylic acids is 1. The predicted molar refractivity (Wildman–Crippen MR) is 87.7 cm³/mol. The van der Waals surface area contributed by atoms with Crippen molar-refractivity contribution in [2.24, 2.45) is 0 Å². The van der Waals surface area contributed by atoms with Gasteiger partial charge in [0.05, 0.1) is 14.2 Å². The van der Waals surface area contributed by atoms with Crippen LogP contribution in [0.2, 0.25) is 0 Å². The second-order valence-electron chi connectivity index (χ2n) is 4.56. The molecule has 0 aliphatic heterocycles. The van der Waals surface area contributed by atoms with Crippen LogP contribution in [-0.2, 0) is 9.53 Å². The van der Waals surface area contributed by atoms with Crippen molar-refractivity contribution in [2.45, 2.75) is 0 Å². The van der Waals surface area contributed by atoms with Gasteiger partial charge in [0.2, 0.25) is 0 Å². The Hall–Kier alpha value is -2.81. The first-order chi connectivity index (χ1) is 10.7. The van der Waals surface area contributed by atoms with Gasteiger partial charge in [-0.25, -0.2) is 4.79 Å². The fraction of sp³-hybridized carbons (Fsp3) is 0.105. The number of benzene rings is 2. The van der Waals surface area contributed by atoms with Gasteiger partial charge in [0.25, 0.3) is 0 Å². The van der Waals surface area contributed by atoms with E-state index in [1.807, 2.05) is 60.7 Å². The van der Waals surface area contributed by atoms with Gasteiger partial charge in [0, 0.05) is 6.08 Å². The first kappa shape index (κ1) is 15.6. The third kappa shape index (κ3) is 4.09. The first-order valence-electron chi connectivity index (χ1n) is 6.90. The third-order valence-electron chi connectivity index (χ3n) is 3.18. The highest BCUT2D eigenvalue weighted by molar-refractivity contribution is 5.85. The van der Waals surface area contributed by atoms with Gasteiger partial charge in [-0.2, -0.15) is 0 Å². The van der Waals surface area contributed by atoms with E-state index in [1.54, 1.807) is 13.2 Å². The van der Waals surface area contributed by atoms with Gasteiger partial charge in [0.1, 0.15) is 5.75 Å². The summed E-state index contributed by atoms with van der Waals surface area (Å²) in [6.07, 6.45) is 4.99. The molecule has 2 aromatic rings. The van der Waals surface area contributed by atoms with Crippen molar-refractivity contribution in [2.75, 3.05) is 14.2 Å². The smallest absolute Gasteiger partial charge is 0.330 e. The zero-order valence-corrected chi connectivity index (χ0v) is 12.7. The van der Waals surface area contributed by atoms with Crippen LogP contribution in [0.15, 0.2) is 72.8 Å². The van der Waals surface area contributed by atoms with E-state index in [2.05, 4.69) is 4.74 Å². The van der Waals surface area contributed by atoms with Gasteiger partial charge in [-0.05, 0) is 28.8 Å². The topological polar surface area (TPSA) is 35.5 Å². The molecule has 0 unspecified atom stereocenters. The van der Waals surface area contributed by atoms with Crippen LogP contribution in [0.3, 0.4) is 0 Å². The Morgan fingerprint density at radius 2 is 1.55 bits per heavy atom. The Bertz CT molecular complexity index is 668. The Morgan fingerprint density at radius 1 is 0.909 bits per heavy atom. The maximum Gasteiger partial charge on any atom is 0.330 e. The largest absolute Gasteiger partial charge is 0.497 e. The standard InChI is InChI=1S/C19H18O3/c1-21-17-13-11-16(12-14-17)18(9-6-10-19(20)22-2)15-7-4-3-5-8-15/h3-14H,1-2H3/b10-6+,18-9-. The summed E-state index contributed by atoms with van der Waals surface area (Å²) in [5, 5.41) is 0. The Balaban J connectivity index is 2.38. The van der Waals surface area contributed by atoms with E-state index in [-0.39, 0.29) is 5.97 Å². The molecular formula is C19H18O3. The number of esters is 1. The first-order valence-corrected chi connectivity index (χ1v) is 6.90.